The van der Waals surface area contributed by atoms with Crippen LogP contribution in [0.3, 0.4) is 0 Å². The average Bonchev–Trinajstić information content (AvgIpc) is 3.36. The van der Waals surface area contributed by atoms with Crippen LogP contribution in [0.4, 0.5) is 10.7 Å². The SMILES string of the molecule is CN(CC(=O)Nc1ccc(Cl)cc1)C(=O)c1ccc(NC(=O)C2CC2)s1. The number of anilines is 2. The molecule has 0 atom stereocenters. The summed E-state index contributed by atoms with van der Waals surface area (Å²) in [6.45, 7) is -0.0802. The molecule has 2 N–H and O–H groups in total. The van der Waals surface area contributed by atoms with Gasteiger partial charge in [0.15, 0.2) is 0 Å². The molecule has 1 aromatic heterocycles. The Morgan fingerprint density at radius 1 is 1.12 bits per heavy atom. The number of hydrogen-bond donors (Lipinski definition) is 2. The highest BCUT2D eigenvalue weighted by Crippen LogP contribution is 2.31. The van der Waals surface area contributed by atoms with E-state index in [-0.39, 0.29) is 30.2 Å². The molecular weight excluding hydrogens is 374 g/mol. The summed E-state index contributed by atoms with van der Waals surface area (Å²) in [5.74, 6) is -0.466. The number of halogens is 1. The predicted octanol–water partition coefficient (Wildman–Crippen LogP) is 3.46. The molecular formula is C18H18ClN3O3S. The van der Waals surface area contributed by atoms with Gasteiger partial charge in [-0.2, -0.15) is 0 Å². The van der Waals surface area contributed by atoms with Crippen LogP contribution in [0.5, 0.6) is 0 Å². The van der Waals surface area contributed by atoms with Gasteiger partial charge in [0, 0.05) is 23.7 Å². The van der Waals surface area contributed by atoms with Crippen LogP contribution in [0.1, 0.15) is 22.5 Å². The van der Waals surface area contributed by atoms with Crippen molar-refractivity contribution in [1.82, 2.24) is 4.90 Å². The van der Waals surface area contributed by atoms with Crippen molar-refractivity contribution in [2.24, 2.45) is 5.92 Å². The highest BCUT2D eigenvalue weighted by atomic mass is 35.5. The molecule has 2 aromatic rings. The number of rotatable bonds is 6. The zero-order valence-corrected chi connectivity index (χ0v) is 15.7. The Hall–Kier alpha value is -2.38. The second-order valence-corrected chi connectivity index (χ2v) is 7.66. The Morgan fingerprint density at radius 3 is 2.46 bits per heavy atom. The molecule has 0 bridgehead atoms. The molecule has 0 saturated heterocycles. The molecule has 0 aliphatic heterocycles. The van der Waals surface area contributed by atoms with Gasteiger partial charge in [0.2, 0.25) is 11.8 Å². The number of amides is 3. The molecule has 1 heterocycles. The van der Waals surface area contributed by atoms with Gasteiger partial charge in [-0.05, 0) is 49.2 Å². The van der Waals surface area contributed by atoms with Crippen molar-refractivity contribution in [3.8, 4) is 0 Å². The third-order valence-corrected chi connectivity index (χ3v) is 5.11. The highest BCUT2D eigenvalue weighted by Gasteiger charge is 2.30. The van der Waals surface area contributed by atoms with E-state index in [2.05, 4.69) is 10.6 Å². The molecule has 1 aromatic carbocycles. The molecule has 0 radical (unpaired) electrons. The van der Waals surface area contributed by atoms with Crippen LogP contribution in [-0.2, 0) is 9.59 Å². The lowest BCUT2D eigenvalue weighted by Gasteiger charge is -2.16. The van der Waals surface area contributed by atoms with Crippen molar-refractivity contribution in [1.29, 1.82) is 0 Å². The van der Waals surface area contributed by atoms with Crippen molar-refractivity contribution in [3.63, 3.8) is 0 Å². The fraction of sp³-hybridized carbons (Fsp3) is 0.278. The first kappa shape index (κ1) is 18.4. The molecule has 8 heteroatoms. The summed E-state index contributed by atoms with van der Waals surface area (Å²) in [5.41, 5.74) is 0.612. The molecule has 26 heavy (non-hydrogen) atoms. The lowest BCUT2D eigenvalue weighted by Crippen LogP contribution is -2.34. The van der Waals surface area contributed by atoms with Crippen molar-refractivity contribution in [3.05, 3.63) is 46.3 Å². The van der Waals surface area contributed by atoms with Crippen molar-refractivity contribution < 1.29 is 14.4 Å². The molecule has 3 rings (SSSR count). The third-order valence-electron chi connectivity index (χ3n) is 3.87. The van der Waals surface area contributed by atoms with Gasteiger partial charge < -0.3 is 15.5 Å². The number of hydrogen-bond acceptors (Lipinski definition) is 4. The van der Waals surface area contributed by atoms with Gasteiger partial charge in [-0.3, -0.25) is 14.4 Å². The number of benzene rings is 1. The largest absolute Gasteiger partial charge is 0.332 e. The number of carbonyl (C=O) groups is 3. The highest BCUT2D eigenvalue weighted by molar-refractivity contribution is 7.18. The summed E-state index contributed by atoms with van der Waals surface area (Å²) < 4.78 is 0. The summed E-state index contributed by atoms with van der Waals surface area (Å²) in [7, 11) is 1.56. The minimum Gasteiger partial charge on any atom is -0.332 e. The van der Waals surface area contributed by atoms with Crippen LogP contribution >= 0.6 is 22.9 Å². The normalized spacial score (nSPS) is 13.2. The number of likely N-dealkylation sites (N-methyl/N-ethyl adjacent to an activating group) is 1. The first-order valence-corrected chi connectivity index (χ1v) is 9.33. The molecule has 0 spiro atoms. The van der Waals surface area contributed by atoms with Gasteiger partial charge in [0.25, 0.3) is 5.91 Å². The minimum atomic E-state index is -0.304. The van der Waals surface area contributed by atoms with Crippen LogP contribution < -0.4 is 10.6 Å². The molecule has 1 fully saturated rings. The summed E-state index contributed by atoms with van der Waals surface area (Å²) in [5, 5.41) is 6.75. The quantitative estimate of drug-likeness (QED) is 0.791. The fourth-order valence-corrected chi connectivity index (χ4v) is 3.33. The fourth-order valence-electron chi connectivity index (χ4n) is 2.30. The van der Waals surface area contributed by atoms with E-state index in [0.29, 0.717) is 20.6 Å². The van der Waals surface area contributed by atoms with E-state index in [1.807, 2.05) is 0 Å². The second kappa shape index (κ2) is 7.88. The minimum absolute atomic E-state index is 0.00143. The Balaban J connectivity index is 1.53. The van der Waals surface area contributed by atoms with E-state index in [4.69, 9.17) is 11.6 Å². The summed E-state index contributed by atoms with van der Waals surface area (Å²) in [6, 6.07) is 10.1. The zero-order valence-electron chi connectivity index (χ0n) is 14.1. The Morgan fingerprint density at radius 2 is 1.81 bits per heavy atom. The molecule has 136 valence electrons. The first-order valence-electron chi connectivity index (χ1n) is 8.14. The van der Waals surface area contributed by atoms with E-state index in [1.165, 1.54) is 16.2 Å². The van der Waals surface area contributed by atoms with E-state index in [0.717, 1.165) is 12.8 Å². The number of nitrogens with one attached hydrogen (secondary N) is 2. The van der Waals surface area contributed by atoms with E-state index in [9.17, 15) is 14.4 Å². The average molecular weight is 392 g/mol. The number of thiophene rings is 1. The second-order valence-electron chi connectivity index (χ2n) is 6.14. The third kappa shape index (κ3) is 4.83. The maximum Gasteiger partial charge on any atom is 0.264 e. The van der Waals surface area contributed by atoms with Gasteiger partial charge in [-0.1, -0.05) is 11.6 Å². The molecule has 1 saturated carbocycles. The Kier molecular flexibility index (Phi) is 5.58. The van der Waals surface area contributed by atoms with Crippen LogP contribution in [0.2, 0.25) is 5.02 Å². The molecule has 6 nitrogen and oxygen atoms in total. The lowest BCUT2D eigenvalue weighted by atomic mass is 10.3. The Labute approximate surface area is 160 Å². The van der Waals surface area contributed by atoms with Gasteiger partial charge in [0.1, 0.15) is 0 Å². The molecule has 1 aliphatic rings. The van der Waals surface area contributed by atoms with Crippen LogP contribution in [-0.4, -0.2) is 36.2 Å². The summed E-state index contributed by atoms with van der Waals surface area (Å²) >= 11 is 7.01. The van der Waals surface area contributed by atoms with Crippen LogP contribution in [0, 0.1) is 5.92 Å². The van der Waals surface area contributed by atoms with Crippen molar-refractivity contribution >= 4 is 51.3 Å². The van der Waals surface area contributed by atoms with Gasteiger partial charge in [-0.25, -0.2) is 0 Å². The molecule has 3 amide bonds. The van der Waals surface area contributed by atoms with Crippen molar-refractivity contribution in [2.75, 3.05) is 24.2 Å². The molecule has 0 unspecified atom stereocenters. The smallest absolute Gasteiger partial charge is 0.264 e. The maximum absolute atomic E-state index is 12.4. The summed E-state index contributed by atoms with van der Waals surface area (Å²) in [6.07, 6.45) is 1.85. The van der Waals surface area contributed by atoms with Gasteiger partial charge in [-0.15, -0.1) is 11.3 Å². The molecule has 1 aliphatic carbocycles. The first-order chi connectivity index (χ1) is 12.4. The van der Waals surface area contributed by atoms with Crippen molar-refractivity contribution in [2.45, 2.75) is 12.8 Å². The maximum atomic E-state index is 12.4. The van der Waals surface area contributed by atoms with Crippen LogP contribution in [0.15, 0.2) is 36.4 Å². The van der Waals surface area contributed by atoms with E-state index in [1.54, 1.807) is 43.4 Å². The predicted molar refractivity (Wildman–Crippen MR) is 103 cm³/mol. The zero-order chi connectivity index (χ0) is 18.7. The lowest BCUT2D eigenvalue weighted by molar-refractivity contribution is -0.117. The Bertz CT molecular complexity index is 830. The van der Waals surface area contributed by atoms with E-state index < -0.39 is 0 Å². The number of nitrogens with zero attached hydrogens (tertiary/aromatic N) is 1. The van der Waals surface area contributed by atoms with Gasteiger partial charge in [0.05, 0.1) is 16.4 Å². The van der Waals surface area contributed by atoms with Gasteiger partial charge >= 0.3 is 0 Å². The topological polar surface area (TPSA) is 78.5 Å². The van der Waals surface area contributed by atoms with E-state index >= 15 is 0 Å². The monoisotopic (exact) mass is 391 g/mol. The number of carbonyl (C=O) groups excluding carboxylic acids is 3. The summed E-state index contributed by atoms with van der Waals surface area (Å²) in [4.78, 5) is 38.1. The standard InChI is InChI=1S/C18H18ClN3O3S/c1-22(10-15(23)20-13-6-4-12(19)5-7-13)18(25)14-8-9-16(26-14)21-17(24)11-2-3-11/h4-9,11H,2-3,10H2,1H3,(H,20,23)(H,21,24). The van der Waals surface area contributed by atoms with Crippen LogP contribution in [0.25, 0.3) is 0 Å².